The van der Waals surface area contributed by atoms with Gasteiger partial charge < -0.3 is 9.84 Å². The van der Waals surface area contributed by atoms with Crippen LogP contribution < -0.4 is 4.74 Å². The molecule has 2 nitrogen and oxygen atoms in total. The van der Waals surface area contributed by atoms with Crippen LogP contribution in [0.4, 0.5) is 0 Å². The van der Waals surface area contributed by atoms with Gasteiger partial charge in [-0.2, -0.15) is 0 Å². The number of hydrogen-bond donors (Lipinski definition) is 1. The standard InChI is InChI=1S/C15H14O2/c1-2-3-6-9-17-15-11-13-8-5-4-7-12(13)10-14(15)16/h1,4-5,7-8,10-11,16H,3,6,9H2. The van der Waals surface area contributed by atoms with Gasteiger partial charge in [-0.15, -0.1) is 12.3 Å². The monoisotopic (exact) mass is 226 g/mol. The number of terminal acetylenes is 1. The van der Waals surface area contributed by atoms with Crippen LogP contribution in [0.3, 0.4) is 0 Å². The normalized spacial score (nSPS) is 10.1. The van der Waals surface area contributed by atoms with Gasteiger partial charge in [0, 0.05) is 6.42 Å². The summed E-state index contributed by atoms with van der Waals surface area (Å²) in [6.45, 7) is 0.524. The first-order valence-electron chi connectivity index (χ1n) is 5.59. The van der Waals surface area contributed by atoms with Crippen molar-refractivity contribution in [2.45, 2.75) is 12.8 Å². The van der Waals surface area contributed by atoms with Gasteiger partial charge in [-0.05, 0) is 29.3 Å². The molecule has 0 unspecified atom stereocenters. The zero-order valence-corrected chi connectivity index (χ0v) is 9.52. The minimum absolute atomic E-state index is 0.171. The van der Waals surface area contributed by atoms with Gasteiger partial charge in [0.2, 0.25) is 0 Å². The highest BCUT2D eigenvalue weighted by atomic mass is 16.5. The number of phenols is 1. The van der Waals surface area contributed by atoms with Crippen LogP contribution >= 0.6 is 0 Å². The van der Waals surface area contributed by atoms with Crippen molar-refractivity contribution in [3.8, 4) is 23.8 Å². The number of aromatic hydroxyl groups is 1. The molecule has 0 heterocycles. The highest BCUT2D eigenvalue weighted by molar-refractivity contribution is 5.85. The lowest BCUT2D eigenvalue weighted by atomic mass is 10.1. The van der Waals surface area contributed by atoms with Crippen molar-refractivity contribution >= 4 is 10.8 Å². The maximum atomic E-state index is 9.80. The second kappa shape index (κ2) is 5.27. The maximum Gasteiger partial charge on any atom is 0.161 e. The number of rotatable bonds is 4. The number of ether oxygens (including phenoxy) is 1. The molecule has 0 amide bonds. The summed E-state index contributed by atoms with van der Waals surface area (Å²) in [6.07, 6.45) is 6.64. The van der Waals surface area contributed by atoms with Crippen LogP contribution in [0.2, 0.25) is 0 Å². The van der Waals surface area contributed by atoms with E-state index in [1.165, 1.54) is 0 Å². The van der Waals surface area contributed by atoms with E-state index in [2.05, 4.69) is 5.92 Å². The lowest BCUT2D eigenvalue weighted by molar-refractivity contribution is 0.296. The smallest absolute Gasteiger partial charge is 0.161 e. The van der Waals surface area contributed by atoms with Crippen molar-refractivity contribution in [3.05, 3.63) is 36.4 Å². The van der Waals surface area contributed by atoms with E-state index in [1.807, 2.05) is 30.3 Å². The molecule has 0 spiro atoms. The average Bonchev–Trinajstić information content (AvgIpc) is 2.35. The molecular formula is C15H14O2. The second-order valence-corrected chi connectivity index (χ2v) is 3.82. The molecule has 17 heavy (non-hydrogen) atoms. The molecule has 0 aliphatic heterocycles. The highest BCUT2D eigenvalue weighted by Gasteiger charge is 2.04. The van der Waals surface area contributed by atoms with Gasteiger partial charge >= 0.3 is 0 Å². The molecule has 0 atom stereocenters. The molecule has 0 aliphatic rings. The summed E-state index contributed by atoms with van der Waals surface area (Å²) in [5, 5.41) is 11.9. The van der Waals surface area contributed by atoms with E-state index in [4.69, 9.17) is 11.2 Å². The molecule has 0 radical (unpaired) electrons. The van der Waals surface area contributed by atoms with Gasteiger partial charge in [-0.3, -0.25) is 0 Å². The fourth-order valence-corrected chi connectivity index (χ4v) is 1.68. The Bertz CT molecular complexity index is 552. The number of fused-ring (bicyclic) bond motifs is 1. The fraction of sp³-hybridized carbons (Fsp3) is 0.200. The van der Waals surface area contributed by atoms with E-state index in [0.717, 1.165) is 17.2 Å². The first-order chi connectivity index (χ1) is 8.31. The summed E-state index contributed by atoms with van der Waals surface area (Å²) < 4.78 is 5.50. The summed E-state index contributed by atoms with van der Waals surface area (Å²) >= 11 is 0. The summed E-state index contributed by atoms with van der Waals surface area (Å²) in [5.41, 5.74) is 0. The summed E-state index contributed by atoms with van der Waals surface area (Å²) in [7, 11) is 0. The van der Waals surface area contributed by atoms with Crippen molar-refractivity contribution in [2.75, 3.05) is 6.61 Å². The number of benzene rings is 2. The van der Waals surface area contributed by atoms with Crippen LogP contribution in [-0.2, 0) is 0 Å². The molecule has 2 aromatic rings. The minimum atomic E-state index is 0.171. The van der Waals surface area contributed by atoms with E-state index in [9.17, 15) is 5.11 Å². The van der Waals surface area contributed by atoms with E-state index in [-0.39, 0.29) is 5.75 Å². The van der Waals surface area contributed by atoms with Crippen LogP contribution in [0.15, 0.2) is 36.4 Å². The van der Waals surface area contributed by atoms with Crippen LogP contribution in [-0.4, -0.2) is 11.7 Å². The van der Waals surface area contributed by atoms with Crippen LogP contribution in [0.25, 0.3) is 10.8 Å². The third kappa shape index (κ3) is 2.70. The molecule has 2 rings (SSSR count). The zero-order valence-electron chi connectivity index (χ0n) is 9.52. The van der Waals surface area contributed by atoms with Crippen molar-refractivity contribution in [3.63, 3.8) is 0 Å². The van der Waals surface area contributed by atoms with Crippen molar-refractivity contribution in [2.24, 2.45) is 0 Å². The first kappa shape index (κ1) is 11.3. The highest BCUT2D eigenvalue weighted by Crippen LogP contribution is 2.31. The summed E-state index contributed by atoms with van der Waals surface area (Å²) in [4.78, 5) is 0. The molecule has 0 saturated heterocycles. The van der Waals surface area contributed by atoms with Gasteiger partial charge in [0.15, 0.2) is 11.5 Å². The second-order valence-electron chi connectivity index (χ2n) is 3.82. The molecule has 2 heteroatoms. The van der Waals surface area contributed by atoms with Crippen molar-refractivity contribution < 1.29 is 9.84 Å². The van der Waals surface area contributed by atoms with Gasteiger partial charge in [0.05, 0.1) is 6.61 Å². The molecule has 0 saturated carbocycles. The predicted molar refractivity (Wildman–Crippen MR) is 69.2 cm³/mol. The average molecular weight is 226 g/mol. The summed E-state index contributed by atoms with van der Waals surface area (Å²) in [6, 6.07) is 11.4. The zero-order chi connectivity index (χ0) is 12.1. The number of unbranched alkanes of at least 4 members (excludes halogenated alkanes) is 1. The lowest BCUT2D eigenvalue weighted by Gasteiger charge is -2.08. The third-order valence-corrected chi connectivity index (χ3v) is 2.55. The Balaban J connectivity index is 2.17. The summed E-state index contributed by atoms with van der Waals surface area (Å²) in [5.74, 6) is 3.24. The molecule has 0 aromatic heterocycles. The minimum Gasteiger partial charge on any atom is -0.504 e. The molecule has 0 bridgehead atoms. The first-order valence-corrected chi connectivity index (χ1v) is 5.59. The molecule has 1 N–H and O–H groups in total. The largest absolute Gasteiger partial charge is 0.504 e. The molecular weight excluding hydrogens is 212 g/mol. The van der Waals surface area contributed by atoms with Crippen molar-refractivity contribution in [1.82, 2.24) is 0 Å². The Hall–Kier alpha value is -2.14. The molecule has 86 valence electrons. The topological polar surface area (TPSA) is 29.5 Å². The van der Waals surface area contributed by atoms with Crippen molar-refractivity contribution in [1.29, 1.82) is 0 Å². The lowest BCUT2D eigenvalue weighted by Crippen LogP contribution is -1.96. The SMILES string of the molecule is C#CCCCOc1cc2ccccc2cc1O. The molecule has 0 aliphatic carbocycles. The van der Waals surface area contributed by atoms with Gasteiger partial charge in [-0.1, -0.05) is 24.3 Å². The van der Waals surface area contributed by atoms with Gasteiger partial charge in [0.25, 0.3) is 0 Å². The quantitative estimate of drug-likeness (QED) is 0.640. The fourth-order valence-electron chi connectivity index (χ4n) is 1.68. The van der Waals surface area contributed by atoms with E-state index < -0.39 is 0 Å². The third-order valence-electron chi connectivity index (χ3n) is 2.55. The van der Waals surface area contributed by atoms with Crippen LogP contribution in [0.1, 0.15) is 12.8 Å². The Morgan fingerprint density at radius 2 is 1.88 bits per heavy atom. The number of phenolic OH excluding ortho intramolecular Hbond substituents is 1. The Labute approximate surface area is 101 Å². The Morgan fingerprint density at radius 1 is 1.18 bits per heavy atom. The van der Waals surface area contributed by atoms with Gasteiger partial charge in [0.1, 0.15) is 0 Å². The molecule has 0 fully saturated rings. The number of hydrogen-bond acceptors (Lipinski definition) is 2. The van der Waals surface area contributed by atoms with Crippen LogP contribution in [0.5, 0.6) is 11.5 Å². The van der Waals surface area contributed by atoms with Crippen LogP contribution in [0, 0.1) is 12.3 Å². The van der Waals surface area contributed by atoms with E-state index in [0.29, 0.717) is 18.8 Å². The van der Waals surface area contributed by atoms with E-state index >= 15 is 0 Å². The Morgan fingerprint density at radius 3 is 2.59 bits per heavy atom. The molecule has 2 aromatic carbocycles. The Kier molecular flexibility index (Phi) is 3.52. The van der Waals surface area contributed by atoms with E-state index in [1.54, 1.807) is 6.07 Å². The maximum absolute atomic E-state index is 9.80. The predicted octanol–water partition coefficient (Wildman–Crippen LogP) is 3.34. The van der Waals surface area contributed by atoms with Gasteiger partial charge in [-0.25, -0.2) is 0 Å².